The maximum absolute atomic E-state index is 10.8. The molecule has 1 aliphatic rings. The Labute approximate surface area is 98.3 Å². The number of hydrogen-bond acceptors (Lipinski definition) is 4. The molecule has 0 bridgehead atoms. The van der Waals surface area contributed by atoms with Crippen LogP contribution in [0.1, 0.15) is 10.4 Å². The molecule has 1 aromatic rings. The number of nitrogens with zero attached hydrogens (tertiary/aromatic N) is 1. The molecule has 1 heterocycles. The van der Waals surface area contributed by atoms with E-state index in [4.69, 9.17) is 9.84 Å². The molecule has 0 spiro atoms. The van der Waals surface area contributed by atoms with Gasteiger partial charge in [0.1, 0.15) is 0 Å². The van der Waals surface area contributed by atoms with E-state index in [2.05, 4.69) is 4.31 Å². The van der Waals surface area contributed by atoms with Crippen LogP contribution >= 0.6 is 11.9 Å². The lowest BCUT2D eigenvalue weighted by atomic mass is 10.2. The zero-order valence-corrected chi connectivity index (χ0v) is 9.74. The number of methoxy groups -OCH3 is 1. The van der Waals surface area contributed by atoms with Crippen LogP contribution in [-0.2, 0) is 4.74 Å². The molecule has 1 aliphatic heterocycles. The van der Waals surface area contributed by atoms with E-state index in [1.54, 1.807) is 37.3 Å². The van der Waals surface area contributed by atoms with Gasteiger partial charge in [-0.2, -0.15) is 0 Å². The first-order valence-electron chi connectivity index (χ1n) is 4.98. The smallest absolute Gasteiger partial charge is 0.335 e. The zero-order chi connectivity index (χ0) is 11.5. The SMILES string of the molecule is COC1CN(Sc2cccc(C(=O)O)c2)C1. The molecule has 0 radical (unpaired) electrons. The van der Waals surface area contributed by atoms with Crippen molar-refractivity contribution < 1.29 is 14.6 Å². The Bertz CT molecular complexity index is 391. The highest BCUT2D eigenvalue weighted by Crippen LogP contribution is 2.28. The zero-order valence-electron chi connectivity index (χ0n) is 8.92. The van der Waals surface area contributed by atoms with Gasteiger partial charge >= 0.3 is 5.97 Å². The van der Waals surface area contributed by atoms with Crippen LogP contribution in [0, 0.1) is 0 Å². The van der Waals surface area contributed by atoms with E-state index in [0.29, 0.717) is 11.7 Å². The second-order valence-electron chi connectivity index (χ2n) is 3.63. The highest BCUT2D eigenvalue weighted by atomic mass is 32.2. The van der Waals surface area contributed by atoms with Crippen LogP contribution in [0.3, 0.4) is 0 Å². The van der Waals surface area contributed by atoms with Gasteiger partial charge in [-0.25, -0.2) is 9.10 Å². The van der Waals surface area contributed by atoms with Crippen LogP contribution in [0.15, 0.2) is 29.2 Å². The third kappa shape index (κ3) is 2.55. The molecule has 86 valence electrons. The molecular formula is C11H13NO3S. The van der Waals surface area contributed by atoms with Crippen molar-refractivity contribution in [2.75, 3.05) is 20.2 Å². The first-order valence-corrected chi connectivity index (χ1v) is 5.75. The highest BCUT2D eigenvalue weighted by Gasteiger charge is 2.27. The van der Waals surface area contributed by atoms with E-state index < -0.39 is 5.97 Å². The lowest BCUT2D eigenvalue weighted by molar-refractivity contribution is 0.0174. The molecule has 5 heteroatoms. The number of carboxylic acids is 1. The summed E-state index contributed by atoms with van der Waals surface area (Å²) in [4.78, 5) is 11.7. The molecule has 0 aromatic heterocycles. The fourth-order valence-electron chi connectivity index (χ4n) is 1.46. The Morgan fingerprint density at radius 1 is 1.56 bits per heavy atom. The van der Waals surface area contributed by atoms with Gasteiger partial charge in [0.2, 0.25) is 0 Å². The third-order valence-corrected chi connectivity index (χ3v) is 3.48. The summed E-state index contributed by atoms with van der Waals surface area (Å²) in [7, 11) is 1.71. The molecule has 0 atom stereocenters. The summed E-state index contributed by atoms with van der Waals surface area (Å²) in [5, 5.41) is 8.85. The van der Waals surface area contributed by atoms with Gasteiger partial charge in [0.25, 0.3) is 0 Å². The molecule has 4 nitrogen and oxygen atoms in total. The summed E-state index contributed by atoms with van der Waals surface area (Å²) in [6.07, 6.45) is 0.315. The molecule has 1 N–H and O–H groups in total. The topological polar surface area (TPSA) is 49.8 Å². The number of carboxylic acid groups (broad SMARTS) is 1. The standard InChI is InChI=1S/C11H13NO3S/c1-15-9-6-12(7-9)16-10-4-2-3-8(5-10)11(13)14/h2-5,9H,6-7H2,1H3,(H,13,14). The molecule has 0 amide bonds. The minimum absolute atomic E-state index is 0.315. The van der Waals surface area contributed by atoms with Crippen LogP contribution in [0.5, 0.6) is 0 Å². The first-order chi connectivity index (χ1) is 7.69. The first kappa shape index (κ1) is 11.4. The predicted molar refractivity (Wildman–Crippen MR) is 61.6 cm³/mol. The number of ether oxygens (including phenoxy) is 1. The molecule has 0 unspecified atom stereocenters. The summed E-state index contributed by atoms with van der Waals surface area (Å²) in [6.45, 7) is 1.77. The van der Waals surface area contributed by atoms with Crippen molar-refractivity contribution in [1.82, 2.24) is 4.31 Å². The van der Waals surface area contributed by atoms with E-state index in [0.717, 1.165) is 18.0 Å². The van der Waals surface area contributed by atoms with Crippen LogP contribution < -0.4 is 0 Å². The van der Waals surface area contributed by atoms with Crippen LogP contribution in [-0.4, -0.2) is 41.7 Å². The van der Waals surface area contributed by atoms with Crippen molar-refractivity contribution >= 4 is 17.9 Å². The average molecular weight is 239 g/mol. The molecule has 2 rings (SSSR count). The van der Waals surface area contributed by atoms with Crippen LogP contribution in [0.2, 0.25) is 0 Å². The van der Waals surface area contributed by atoms with E-state index in [1.165, 1.54) is 0 Å². The van der Waals surface area contributed by atoms with Gasteiger partial charge in [-0.05, 0) is 30.1 Å². The van der Waals surface area contributed by atoms with Crippen molar-refractivity contribution in [2.45, 2.75) is 11.0 Å². The Balaban J connectivity index is 1.95. The van der Waals surface area contributed by atoms with Gasteiger partial charge in [-0.3, -0.25) is 0 Å². The fraction of sp³-hybridized carbons (Fsp3) is 0.364. The third-order valence-electron chi connectivity index (χ3n) is 2.46. The summed E-state index contributed by atoms with van der Waals surface area (Å²) < 4.78 is 7.31. The van der Waals surface area contributed by atoms with Crippen LogP contribution in [0.25, 0.3) is 0 Å². The maximum Gasteiger partial charge on any atom is 0.335 e. The van der Waals surface area contributed by atoms with Crippen molar-refractivity contribution in [2.24, 2.45) is 0 Å². The molecule has 16 heavy (non-hydrogen) atoms. The number of carbonyl (C=O) groups is 1. The average Bonchev–Trinajstić information content (AvgIpc) is 2.23. The molecule has 0 aliphatic carbocycles. The largest absolute Gasteiger partial charge is 0.478 e. The lowest BCUT2D eigenvalue weighted by Gasteiger charge is -2.36. The summed E-state index contributed by atoms with van der Waals surface area (Å²) >= 11 is 1.57. The molecular weight excluding hydrogens is 226 g/mol. The lowest BCUT2D eigenvalue weighted by Crippen LogP contribution is -2.47. The van der Waals surface area contributed by atoms with E-state index in [-0.39, 0.29) is 0 Å². The van der Waals surface area contributed by atoms with Crippen molar-refractivity contribution in [3.05, 3.63) is 29.8 Å². The van der Waals surface area contributed by atoms with E-state index in [9.17, 15) is 4.79 Å². The van der Waals surface area contributed by atoms with Gasteiger partial charge in [0, 0.05) is 25.1 Å². The van der Waals surface area contributed by atoms with Gasteiger partial charge in [0.15, 0.2) is 0 Å². The Hall–Kier alpha value is -1.04. The quantitative estimate of drug-likeness (QED) is 0.811. The number of benzene rings is 1. The summed E-state index contributed by atoms with van der Waals surface area (Å²) in [5.74, 6) is -0.888. The van der Waals surface area contributed by atoms with E-state index >= 15 is 0 Å². The number of aromatic carboxylic acids is 1. The summed E-state index contributed by atoms with van der Waals surface area (Å²) in [5.41, 5.74) is 0.328. The van der Waals surface area contributed by atoms with Gasteiger partial charge < -0.3 is 9.84 Å². The van der Waals surface area contributed by atoms with Gasteiger partial charge in [-0.15, -0.1) is 0 Å². The molecule has 1 saturated heterocycles. The Morgan fingerprint density at radius 3 is 2.94 bits per heavy atom. The minimum Gasteiger partial charge on any atom is -0.478 e. The Kier molecular flexibility index (Phi) is 3.48. The van der Waals surface area contributed by atoms with Crippen molar-refractivity contribution in [3.63, 3.8) is 0 Å². The number of rotatable bonds is 4. The predicted octanol–water partition coefficient (Wildman–Crippen LogP) is 1.72. The van der Waals surface area contributed by atoms with Crippen molar-refractivity contribution in [3.8, 4) is 0 Å². The van der Waals surface area contributed by atoms with Crippen molar-refractivity contribution in [1.29, 1.82) is 0 Å². The highest BCUT2D eigenvalue weighted by molar-refractivity contribution is 7.97. The second-order valence-corrected chi connectivity index (χ2v) is 4.80. The van der Waals surface area contributed by atoms with E-state index in [1.807, 2.05) is 6.07 Å². The molecule has 0 saturated carbocycles. The summed E-state index contributed by atoms with van der Waals surface area (Å²) in [6, 6.07) is 6.96. The van der Waals surface area contributed by atoms with Crippen LogP contribution in [0.4, 0.5) is 0 Å². The monoisotopic (exact) mass is 239 g/mol. The fourth-order valence-corrected chi connectivity index (χ4v) is 2.56. The molecule has 1 fully saturated rings. The van der Waals surface area contributed by atoms with Gasteiger partial charge in [-0.1, -0.05) is 6.07 Å². The second kappa shape index (κ2) is 4.86. The maximum atomic E-state index is 10.8. The van der Waals surface area contributed by atoms with Gasteiger partial charge in [0.05, 0.1) is 11.7 Å². The minimum atomic E-state index is -0.888. The Morgan fingerprint density at radius 2 is 2.31 bits per heavy atom. The normalized spacial score (nSPS) is 17.1. The molecule has 1 aromatic carbocycles. The number of hydrogen-bond donors (Lipinski definition) is 1.